The van der Waals surface area contributed by atoms with Crippen LogP contribution in [-0.2, 0) is 10.0 Å². The Hall–Kier alpha value is -0.690. The van der Waals surface area contributed by atoms with Crippen LogP contribution in [0, 0.1) is 6.42 Å². The van der Waals surface area contributed by atoms with E-state index in [4.69, 9.17) is 10.2 Å². The Morgan fingerprint density at radius 2 is 2.07 bits per heavy atom. The molecule has 0 aromatic rings. The fraction of sp³-hybridized carbons (Fsp3) is 0.444. The van der Waals surface area contributed by atoms with Gasteiger partial charge in [-0.1, -0.05) is 12.2 Å². The van der Waals surface area contributed by atoms with E-state index in [1.807, 2.05) is 0 Å². The van der Waals surface area contributed by atoms with Crippen LogP contribution < -0.4 is 4.72 Å². The standard InChI is InChI=1S/C9H14NO4S/c11-6-8(7-12)10-15(13,14)9-4-2-1-3-5-9/h2-5,8,10-12H,1,6-7H2. The third-order valence-corrected chi connectivity index (χ3v) is 3.45. The number of hydrogen-bond acceptors (Lipinski definition) is 4. The number of hydrogen-bond donors (Lipinski definition) is 3. The maximum Gasteiger partial charge on any atom is 0.240 e. The van der Waals surface area contributed by atoms with Crippen molar-refractivity contribution in [1.29, 1.82) is 0 Å². The van der Waals surface area contributed by atoms with Crippen molar-refractivity contribution in [2.45, 2.75) is 12.5 Å². The van der Waals surface area contributed by atoms with Gasteiger partial charge in [-0.2, -0.15) is 0 Å². The molecule has 0 heterocycles. The number of aliphatic hydroxyl groups is 2. The summed E-state index contributed by atoms with van der Waals surface area (Å²) in [4.78, 5) is 0.139. The van der Waals surface area contributed by atoms with E-state index in [2.05, 4.69) is 4.72 Å². The van der Waals surface area contributed by atoms with Crippen molar-refractivity contribution in [2.24, 2.45) is 0 Å². The van der Waals surface area contributed by atoms with Crippen molar-refractivity contribution in [3.63, 3.8) is 0 Å². The molecule has 1 radical (unpaired) electrons. The number of sulfonamides is 1. The monoisotopic (exact) mass is 232 g/mol. The fourth-order valence-electron chi connectivity index (χ4n) is 1.10. The number of rotatable bonds is 5. The highest BCUT2D eigenvalue weighted by Crippen LogP contribution is 2.14. The summed E-state index contributed by atoms with van der Waals surface area (Å²) < 4.78 is 25.5. The predicted molar refractivity (Wildman–Crippen MR) is 56.2 cm³/mol. The van der Waals surface area contributed by atoms with Gasteiger partial charge in [0.1, 0.15) is 0 Å². The van der Waals surface area contributed by atoms with Gasteiger partial charge in [0.2, 0.25) is 10.0 Å². The van der Waals surface area contributed by atoms with E-state index in [1.165, 1.54) is 12.2 Å². The van der Waals surface area contributed by atoms with Crippen molar-refractivity contribution >= 4 is 10.0 Å². The molecule has 15 heavy (non-hydrogen) atoms. The van der Waals surface area contributed by atoms with Crippen LogP contribution in [0.3, 0.4) is 0 Å². The van der Waals surface area contributed by atoms with Gasteiger partial charge >= 0.3 is 0 Å². The first-order chi connectivity index (χ1) is 7.10. The van der Waals surface area contributed by atoms with E-state index in [9.17, 15) is 8.42 Å². The van der Waals surface area contributed by atoms with E-state index in [1.54, 1.807) is 12.5 Å². The highest BCUT2D eigenvalue weighted by Gasteiger charge is 2.20. The molecule has 5 nitrogen and oxygen atoms in total. The second kappa shape index (κ2) is 5.41. The van der Waals surface area contributed by atoms with Gasteiger partial charge in [-0.3, -0.25) is 0 Å². The highest BCUT2D eigenvalue weighted by atomic mass is 32.2. The molecule has 0 amide bonds. The summed E-state index contributed by atoms with van der Waals surface area (Å²) in [6.45, 7) is -0.868. The first kappa shape index (κ1) is 12.4. The van der Waals surface area contributed by atoms with Crippen molar-refractivity contribution in [1.82, 2.24) is 4.72 Å². The van der Waals surface area contributed by atoms with Crippen LogP contribution in [0.15, 0.2) is 23.1 Å². The topological polar surface area (TPSA) is 86.6 Å². The summed E-state index contributed by atoms with van der Waals surface area (Å²) in [5.41, 5.74) is 0. The lowest BCUT2D eigenvalue weighted by molar-refractivity contribution is 0.185. The first-order valence-corrected chi connectivity index (χ1v) is 6.02. The summed E-state index contributed by atoms with van der Waals surface area (Å²) in [6.07, 6.45) is 7.15. The molecule has 0 spiro atoms. The Bertz CT molecular complexity index is 354. The SMILES string of the molecule is O=S(=O)(NC(CO)CO)C1=C[CH]CC=C1. The van der Waals surface area contributed by atoms with Crippen molar-refractivity contribution in [3.05, 3.63) is 29.6 Å². The molecule has 0 aliphatic heterocycles. The number of aliphatic hydroxyl groups excluding tert-OH is 2. The molecule has 1 aliphatic carbocycles. The largest absolute Gasteiger partial charge is 0.395 e. The third-order valence-electron chi connectivity index (χ3n) is 1.91. The van der Waals surface area contributed by atoms with Gasteiger partial charge in [0, 0.05) is 0 Å². The fourth-order valence-corrected chi connectivity index (χ4v) is 2.38. The maximum absolute atomic E-state index is 11.6. The first-order valence-electron chi connectivity index (χ1n) is 4.54. The minimum Gasteiger partial charge on any atom is -0.395 e. The average Bonchev–Trinajstić information content (AvgIpc) is 2.27. The Morgan fingerprint density at radius 3 is 2.53 bits per heavy atom. The molecular formula is C9H14NO4S. The van der Waals surface area contributed by atoms with Crippen molar-refractivity contribution < 1.29 is 18.6 Å². The van der Waals surface area contributed by atoms with Crippen molar-refractivity contribution in [3.8, 4) is 0 Å². The predicted octanol–water partition coefficient (Wildman–Crippen LogP) is -0.693. The Labute approximate surface area is 89.2 Å². The normalized spacial score (nSPS) is 16.9. The quantitative estimate of drug-likeness (QED) is 0.585. The molecule has 0 saturated carbocycles. The molecule has 6 heteroatoms. The molecule has 0 aromatic heterocycles. The smallest absolute Gasteiger partial charge is 0.240 e. The summed E-state index contributed by atoms with van der Waals surface area (Å²) in [5, 5.41) is 17.5. The van der Waals surface area contributed by atoms with E-state index >= 15 is 0 Å². The summed E-state index contributed by atoms with van der Waals surface area (Å²) in [5.74, 6) is 0. The molecule has 3 N–H and O–H groups in total. The molecule has 0 aromatic carbocycles. The van der Waals surface area contributed by atoms with E-state index in [0.29, 0.717) is 6.42 Å². The molecule has 1 rings (SSSR count). The minimum absolute atomic E-state index is 0.139. The minimum atomic E-state index is -3.63. The van der Waals surface area contributed by atoms with Crippen LogP contribution in [0.2, 0.25) is 0 Å². The van der Waals surface area contributed by atoms with Gasteiger partial charge in [0.25, 0.3) is 0 Å². The zero-order valence-corrected chi connectivity index (χ0v) is 8.94. The number of nitrogens with one attached hydrogen (secondary N) is 1. The van der Waals surface area contributed by atoms with Crippen LogP contribution in [0.4, 0.5) is 0 Å². The van der Waals surface area contributed by atoms with Crippen LogP contribution >= 0.6 is 0 Å². The Balaban J connectivity index is 2.74. The molecule has 85 valence electrons. The van der Waals surface area contributed by atoms with Crippen LogP contribution in [0.25, 0.3) is 0 Å². The second-order valence-corrected chi connectivity index (χ2v) is 4.84. The Morgan fingerprint density at radius 1 is 1.40 bits per heavy atom. The van der Waals surface area contributed by atoms with Crippen LogP contribution in [0.1, 0.15) is 6.42 Å². The lowest BCUT2D eigenvalue weighted by atomic mass is 10.2. The molecule has 1 aliphatic rings. The third kappa shape index (κ3) is 3.42. The zero-order chi connectivity index (χ0) is 11.3. The lowest BCUT2D eigenvalue weighted by Gasteiger charge is -2.15. The molecule has 0 fully saturated rings. The van der Waals surface area contributed by atoms with Gasteiger partial charge in [-0.15, -0.1) is 0 Å². The molecule has 0 saturated heterocycles. The average molecular weight is 232 g/mol. The molecule has 0 unspecified atom stereocenters. The van der Waals surface area contributed by atoms with E-state index < -0.39 is 29.3 Å². The summed E-state index contributed by atoms with van der Waals surface area (Å²) >= 11 is 0. The summed E-state index contributed by atoms with van der Waals surface area (Å²) in [7, 11) is -3.63. The van der Waals surface area contributed by atoms with Gasteiger partial charge < -0.3 is 10.2 Å². The van der Waals surface area contributed by atoms with Gasteiger partial charge in [-0.25, -0.2) is 13.1 Å². The van der Waals surface area contributed by atoms with E-state index in [-0.39, 0.29) is 4.91 Å². The van der Waals surface area contributed by atoms with Crippen LogP contribution in [0.5, 0.6) is 0 Å². The molecular weight excluding hydrogens is 218 g/mol. The van der Waals surface area contributed by atoms with Gasteiger partial charge in [-0.05, 0) is 18.9 Å². The lowest BCUT2D eigenvalue weighted by Crippen LogP contribution is -2.40. The van der Waals surface area contributed by atoms with Gasteiger partial charge in [0.05, 0.1) is 24.2 Å². The number of allylic oxidation sites excluding steroid dienone is 3. The molecule has 0 atom stereocenters. The maximum atomic E-state index is 11.6. The summed E-state index contributed by atoms with van der Waals surface area (Å²) in [6, 6.07) is -0.855. The zero-order valence-electron chi connectivity index (χ0n) is 8.13. The highest BCUT2D eigenvalue weighted by molar-refractivity contribution is 7.93. The van der Waals surface area contributed by atoms with E-state index in [0.717, 1.165) is 0 Å². The van der Waals surface area contributed by atoms with Gasteiger partial charge in [0.15, 0.2) is 0 Å². The molecule has 0 bridgehead atoms. The second-order valence-electron chi connectivity index (χ2n) is 3.13. The van der Waals surface area contributed by atoms with Crippen molar-refractivity contribution in [2.75, 3.05) is 13.2 Å². The Kier molecular flexibility index (Phi) is 4.46. The van der Waals surface area contributed by atoms with Crippen LogP contribution in [-0.4, -0.2) is 37.9 Å².